The van der Waals surface area contributed by atoms with Gasteiger partial charge in [0.2, 0.25) is 0 Å². The summed E-state index contributed by atoms with van der Waals surface area (Å²) in [5.41, 5.74) is 2.85. The second kappa shape index (κ2) is 3.16. The van der Waals surface area contributed by atoms with Crippen LogP contribution in [0, 0.1) is 0 Å². The first kappa shape index (κ1) is 9.08. The van der Waals surface area contributed by atoms with E-state index in [9.17, 15) is 0 Å². The highest BCUT2D eigenvalue weighted by molar-refractivity contribution is 5.56. The first-order valence-corrected chi connectivity index (χ1v) is 5.60. The van der Waals surface area contributed by atoms with Crippen LogP contribution in [0.15, 0.2) is 12.1 Å². The lowest BCUT2D eigenvalue weighted by Crippen LogP contribution is -2.03. The van der Waals surface area contributed by atoms with Gasteiger partial charge in [0.25, 0.3) is 0 Å². The first-order valence-electron chi connectivity index (χ1n) is 5.60. The summed E-state index contributed by atoms with van der Waals surface area (Å²) >= 11 is 0. The minimum atomic E-state index is 0.718. The van der Waals surface area contributed by atoms with Gasteiger partial charge in [0, 0.05) is 11.1 Å². The Morgan fingerprint density at radius 2 is 1.40 bits per heavy atom. The van der Waals surface area contributed by atoms with E-state index in [4.69, 9.17) is 9.47 Å². The van der Waals surface area contributed by atoms with Crippen LogP contribution in [0.1, 0.15) is 42.2 Å². The van der Waals surface area contributed by atoms with Crippen LogP contribution < -0.4 is 9.47 Å². The van der Waals surface area contributed by atoms with Crippen molar-refractivity contribution in [3.63, 3.8) is 0 Å². The van der Waals surface area contributed by atoms with E-state index in [0.717, 1.165) is 23.3 Å². The van der Waals surface area contributed by atoms with E-state index in [1.54, 1.807) is 14.2 Å². The van der Waals surface area contributed by atoms with Gasteiger partial charge in [-0.25, -0.2) is 0 Å². The second-order valence-corrected chi connectivity index (χ2v) is 4.50. The minimum absolute atomic E-state index is 0.718. The van der Waals surface area contributed by atoms with Gasteiger partial charge >= 0.3 is 0 Å². The molecular formula is C13H16O2. The zero-order chi connectivity index (χ0) is 10.4. The van der Waals surface area contributed by atoms with Crippen molar-refractivity contribution in [1.82, 2.24) is 0 Å². The van der Waals surface area contributed by atoms with Gasteiger partial charge in [-0.15, -0.1) is 0 Å². The van der Waals surface area contributed by atoms with Crippen molar-refractivity contribution >= 4 is 0 Å². The lowest BCUT2D eigenvalue weighted by atomic mass is 9.90. The number of rotatable bonds is 2. The SMILES string of the molecule is COc1ccc(OC)c2c1[C@@H]1CC[C@H]2C1. The number of hydrogen-bond donors (Lipinski definition) is 0. The molecule has 1 saturated carbocycles. The van der Waals surface area contributed by atoms with Gasteiger partial charge in [-0.05, 0) is 43.2 Å². The summed E-state index contributed by atoms with van der Waals surface area (Å²) in [4.78, 5) is 0. The molecule has 0 heterocycles. The zero-order valence-corrected chi connectivity index (χ0v) is 9.25. The number of methoxy groups -OCH3 is 2. The van der Waals surface area contributed by atoms with Crippen LogP contribution in [0.5, 0.6) is 11.5 Å². The van der Waals surface area contributed by atoms with Gasteiger partial charge in [0.1, 0.15) is 11.5 Å². The van der Waals surface area contributed by atoms with Crippen molar-refractivity contribution in [2.24, 2.45) is 0 Å². The fourth-order valence-corrected chi connectivity index (χ4v) is 3.30. The number of benzene rings is 1. The van der Waals surface area contributed by atoms with Crippen molar-refractivity contribution in [1.29, 1.82) is 0 Å². The fraction of sp³-hybridized carbons (Fsp3) is 0.538. The molecule has 2 bridgehead atoms. The predicted molar refractivity (Wildman–Crippen MR) is 58.9 cm³/mol. The molecule has 0 N–H and O–H groups in total. The van der Waals surface area contributed by atoms with Crippen molar-refractivity contribution in [3.05, 3.63) is 23.3 Å². The number of hydrogen-bond acceptors (Lipinski definition) is 2. The molecule has 0 saturated heterocycles. The molecule has 80 valence electrons. The molecule has 2 aliphatic carbocycles. The molecule has 0 radical (unpaired) electrons. The third kappa shape index (κ3) is 1.11. The van der Waals surface area contributed by atoms with Gasteiger partial charge in [-0.2, -0.15) is 0 Å². The van der Waals surface area contributed by atoms with Crippen LogP contribution in [-0.2, 0) is 0 Å². The van der Waals surface area contributed by atoms with E-state index in [-0.39, 0.29) is 0 Å². The average Bonchev–Trinajstić information content (AvgIpc) is 2.88. The van der Waals surface area contributed by atoms with Crippen molar-refractivity contribution in [2.75, 3.05) is 14.2 Å². The van der Waals surface area contributed by atoms with Crippen molar-refractivity contribution < 1.29 is 9.47 Å². The van der Waals surface area contributed by atoms with Crippen LogP contribution in [0.4, 0.5) is 0 Å². The highest BCUT2D eigenvalue weighted by Crippen LogP contribution is 2.58. The van der Waals surface area contributed by atoms with Crippen molar-refractivity contribution in [3.8, 4) is 11.5 Å². The van der Waals surface area contributed by atoms with Crippen LogP contribution in [-0.4, -0.2) is 14.2 Å². The van der Waals surface area contributed by atoms with E-state index in [1.165, 1.54) is 30.4 Å². The molecule has 0 unspecified atom stereocenters. The molecule has 0 spiro atoms. The Hall–Kier alpha value is -1.18. The molecule has 2 aliphatic rings. The Bertz CT molecular complexity index is 361. The quantitative estimate of drug-likeness (QED) is 0.737. The summed E-state index contributed by atoms with van der Waals surface area (Å²) in [7, 11) is 3.52. The van der Waals surface area contributed by atoms with Gasteiger partial charge in [0.15, 0.2) is 0 Å². The maximum absolute atomic E-state index is 5.45. The number of ether oxygens (including phenoxy) is 2. The lowest BCUT2D eigenvalue weighted by Gasteiger charge is -2.20. The topological polar surface area (TPSA) is 18.5 Å². The maximum Gasteiger partial charge on any atom is 0.122 e. The van der Waals surface area contributed by atoms with Crippen LogP contribution in [0.25, 0.3) is 0 Å². The van der Waals surface area contributed by atoms with Crippen molar-refractivity contribution in [2.45, 2.75) is 31.1 Å². The van der Waals surface area contributed by atoms with Crippen LogP contribution in [0.2, 0.25) is 0 Å². The molecule has 2 atom stereocenters. The normalized spacial score (nSPS) is 26.5. The molecular weight excluding hydrogens is 188 g/mol. The molecule has 0 aromatic heterocycles. The molecule has 1 aromatic carbocycles. The molecule has 2 nitrogen and oxygen atoms in total. The van der Waals surface area contributed by atoms with Gasteiger partial charge < -0.3 is 9.47 Å². The van der Waals surface area contributed by atoms with Gasteiger partial charge in [-0.1, -0.05) is 0 Å². The van der Waals surface area contributed by atoms with E-state index < -0.39 is 0 Å². The summed E-state index contributed by atoms with van der Waals surface area (Å²) in [5, 5.41) is 0. The monoisotopic (exact) mass is 204 g/mol. The lowest BCUT2D eigenvalue weighted by molar-refractivity contribution is 0.391. The average molecular weight is 204 g/mol. The summed E-state index contributed by atoms with van der Waals surface area (Å²) in [6, 6.07) is 4.08. The highest BCUT2D eigenvalue weighted by atomic mass is 16.5. The zero-order valence-electron chi connectivity index (χ0n) is 9.25. The van der Waals surface area contributed by atoms with E-state index in [0.29, 0.717) is 0 Å². The summed E-state index contributed by atoms with van der Waals surface area (Å²) in [6.07, 6.45) is 3.94. The summed E-state index contributed by atoms with van der Waals surface area (Å²) in [6.45, 7) is 0. The largest absolute Gasteiger partial charge is 0.496 e. The third-order valence-corrected chi connectivity index (χ3v) is 3.90. The van der Waals surface area contributed by atoms with Gasteiger partial charge in [0.05, 0.1) is 14.2 Å². The molecule has 1 fully saturated rings. The molecule has 0 aliphatic heterocycles. The first-order chi connectivity index (χ1) is 7.35. The highest BCUT2D eigenvalue weighted by Gasteiger charge is 2.40. The summed E-state index contributed by atoms with van der Waals surface area (Å²) in [5.74, 6) is 3.54. The second-order valence-electron chi connectivity index (χ2n) is 4.50. The Labute approximate surface area is 90.2 Å². The predicted octanol–water partition coefficient (Wildman–Crippen LogP) is 3.07. The fourth-order valence-electron chi connectivity index (χ4n) is 3.30. The number of fused-ring (bicyclic) bond motifs is 5. The molecule has 1 aromatic rings. The minimum Gasteiger partial charge on any atom is -0.496 e. The maximum atomic E-state index is 5.45. The van der Waals surface area contributed by atoms with E-state index in [2.05, 4.69) is 0 Å². The standard InChI is InChI=1S/C13H16O2/c1-14-10-5-6-11(15-2)13-9-4-3-8(7-9)12(10)13/h5-6,8-9H,3-4,7H2,1-2H3/t8-,9+. The molecule has 0 amide bonds. The Morgan fingerprint density at radius 3 is 1.80 bits per heavy atom. The van der Waals surface area contributed by atoms with E-state index in [1.807, 2.05) is 12.1 Å². The van der Waals surface area contributed by atoms with E-state index >= 15 is 0 Å². The Balaban J connectivity index is 2.21. The Kier molecular flexibility index (Phi) is 1.91. The summed E-state index contributed by atoms with van der Waals surface area (Å²) < 4.78 is 10.9. The third-order valence-electron chi connectivity index (χ3n) is 3.90. The molecule has 2 heteroatoms. The smallest absolute Gasteiger partial charge is 0.122 e. The van der Waals surface area contributed by atoms with Crippen LogP contribution in [0.3, 0.4) is 0 Å². The molecule has 15 heavy (non-hydrogen) atoms. The van der Waals surface area contributed by atoms with Crippen LogP contribution >= 0.6 is 0 Å². The van der Waals surface area contributed by atoms with Gasteiger partial charge in [-0.3, -0.25) is 0 Å². The molecule has 3 rings (SSSR count). The Morgan fingerprint density at radius 1 is 0.933 bits per heavy atom.